The van der Waals surface area contributed by atoms with Crippen LogP contribution in [0.1, 0.15) is 59.6 Å². The third-order valence-electron chi connectivity index (χ3n) is 5.78. The average Bonchev–Trinajstić information content (AvgIpc) is 2.55. The summed E-state index contributed by atoms with van der Waals surface area (Å²) < 4.78 is 20.1. The predicted octanol–water partition coefficient (Wildman–Crippen LogP) is 4.39. The summed E-state index contributed by atoms with van der Waals surface area (Å²) in [5.41, 5.74) is -2.57. The minimum Gasteiger partial charge on any atom is -0.444 e. The molecule has 0 aliphatic carbocycles. The number of hydrogen-bond donors (Lipinski definition) is 2. The highest BCUT2D eigenvalue weighted by atomic mass is 35.5. The largest absolute Gasteiger partial charge is 0.444 e. The molecule has 3 atom stereocenters. The van der Waals surface area contributed by atoms with E-state index in [1.165, 1.54) is 6.07 Å². The van der Waals surface area contributed by atoms with E-state index in [1.54, 1.807) is 66.4 Å². The van der Waals surface area contributed by atoms with Crippen LogP contribution in [0.3, 0.4) is 0 Å². The number of rotatable bonds is 3. The number of halogens is 2. The molecule has 1 aromatic rings. The zero-order chi connectivity index (χ0) is 23.9. The van der Waals surface area contributed by atoms with E-state index in [-0.39, 0.29) is 29.6 Å². The van der Waals surface area contributed by atoms with Crippen LogP contribution in [0.4, 0.5) is 9.18 Å². The van der Waals surface area contributed by atoms with Crippen molar-refractivity contribution in [2.45, 2.75) is 72.1 Å². The molecule has 0 bridgehead atoms. The van der Waals surface area contributed by atoms with E-state index in [9.17, 15) is 19.1 Å². The Labute approximate surface area is 189 Å². The summed E-state index contributed by atoms with van der Waals surface area (Å²) in [6.45, 7) is 14.2. The van der Waals surface area contributed by atoms with Crippen molar-refractivity contribution in [3.8, 4) is 0 Å². The van der Waals surface area contributed by atoms with Gasteiger partial charge in [0.25, 0.3) is 0 Å². The Balaban J connectivity index is 2.24. The fraction of sp³-hybridized carbons (Fsp3) is 0.652. The normalized spacial score (nSPS) is 24.7. The SMILES string of the molecule is Cc1cc(Cl)cc(F)c1C1(O)[C@H](C)CN(C(=O)C(C)(C)NC(=O)OC(C)(C)C)C[C@@H]1C. The summed E-state index contributed by atoms with van der Waals surface area (Å²) in [6, 6.07) is 2.83. The number of hydrogen-bond acceptors (Lipinski definition) is 4. The van der Waals surface area contributed by atoms with Gasteiger partial charge in [0.2, 0.25) is 5.91 Å². The van der Waals surface area contributed by atoms with Crippen molar-refractivity contribution in [1.29, 1.82) is 0 Å². The Morgan fingerprint density at radius 1 is 1.19 bits per heavy atom. The van der Waals surface area contributed by atoms with Crippen molar-refractivity contribution in [2.75, 3.05) is 13.1 Å². The van der Waals surface area contributed by atoms with Gasteiger partial charge in [-0.05, 0) is 59.2 Å². The van der Waals surface area contributed by atoms with Gasteiger partial charge in [-0.25, -0.2) is 9.18 Å². The quantitative estimate of drug-likeness (QED) is 0.706. The van der Waals surface area contributed by atoms with Crippen LogP contribution in [-0.2, 0) is 15.1 Å². The van der Waals surface area contributed by atoms with Gasteiger partial charge in [0.1, 0.15) is 22.6 Å². The highest BCUT2D eigenvalue weighted by molar-refractivity contribution is 6.30. The van der Waals surface area contributed by atoms with Gasteiger partial charge in [0, 0.05) is 35.5 Å². The highest BCUT2D eigenvalue weighted by Crippen LogP contribution is 2.44. The second kappa shape index (κ2) is 8.58. The summed E-state index contributed by atoms with van der Waals surface area (Å²) >= 11 is 5.96. The Hall–Kier alpha value is -1.86. The van der Waals surface area contributed by atoms with Gasteiger partial charge in [0.05, 0.1) is 0 Å². The number of likely N-dealkylation sites (tertiary alicyclic amines) is 1. The average molecular weight is 457 g/mol. The summed E-state index contributed by atoms with van der Waals surface area (Å²) in [4.78, 5) is 27.0. The number of aliphatic hydroxyl groups is 1. The number of alkyl carbamates (subject to hydrolysis) is 1. The third kappa shape index (κ3) is 5.32. The van der Waals surface area contributed by atoms with E-state index in [1.807, 2.05) is 0 Å². The second-order valence-corrected chi connectivity index (χ2v) is 10.6. The van der Waals surface area contributed by atoms with E-state index < -0.39 is 40.5 Å². The number of nitrogens with one attached hydrogen (secondary N) is 1. The van der Waals surface area contributed by atoms with Gasteiger partial charge in [-0.2, -0.15) is 0 Å². The maximum atomic E-state index is 14.8. The Kier molecular flexibility index (Phi) is 7.03. The predicted molar refractivity (Wildman–Crippen MR) is 118 cm³/mol. The van der Waals surface area contributed by atoms with Crippen LogP contribution < -0.4 is 5.32 Å². The molecule has 6 nitrogen and oxygen atoms in total. The first-order valence-corrected chi connectivity index (χ1v) is 10.9. The molecule has 1 heterocycles. The topological polar surface area (TPSA) is 78.9 Å². The molecular weight excluding hydrogens is 423 g/mol. The summed E-state index contributed by atoms with van der Waals surface area (Å²) in [6.07, 6.45) is -0.681. The molecule has 2 rings (SSSR count). The smallest absolute Gasteiger partial charge is 0.408 e. The van der Waals surface area contributed by atoms with Crippen LogP contribution >= 0.6 is 11.6 Å². The highest BCUT2D eigenvalue weighted by Gasteiger charge is 2.50. The lowest BCUT2D eigenvalue weighted by atomic mass is 9.69. The van der Waals surface area contributed by atoms with Crippen LogP contribution in [0.2, 0.25) is 5.02 Å². The van der Waals surface area contributed by atoms with Crippen molar-refractivity contribution < 1.29 is 23.8 Å². The second-order valence-electron chi connectivity index (χ2n) is 10.2. The summed E-state index contributed by atoms with van der Waals surface area (Å²) in [5.74, 6) is -1.76. The van der Waals surface area contributed by atoms with E-state index in [0.29, 0.717) is 5.56 Å². The van der Waals surface area contributed by atoms with Gasteiger partial charge in [-0.1, -0.05) is 25.4 Å². The van der Waals surface area contributed by atoms with Crippen LogP contribution in [0.25, 0.3) is 0 Å². The Bertz CT molecular complexity index is 831. The first kappa shape index (κ1) is 25.4. The number of ether oxygens (including phenoxy) is 1. The molecule has 1 unspecified atom stereocenters. The zero-order valence-corrected chi connectivity index (χ0v) is 20.4. The maximum absolute atomic E-state index is 14.8. The number of carbonyl (C=O) groups excluding carboxylic acids is 2. The van der Waals surface area contributed by atoms with Crippen LogP contribution in [0, 0.1) is 24.6 Å². The van der Waals surface area contributed by atoms with E-state index >= 15 is 0 Å². The maximum Gasteiger partial charge on any atom is 0.408 e. The number of benzene rings is 1. The minimum absolute atomic E-state index is 0.209. The summed E-state index contributed by atoms with van der Waals surface area (Å²) in [5, 5.41) is 14.5. The first-order valence-electron chi connectivity index (χ1n) is 10.5. The number of amides is 2. The summed E-state index contributed by atoms with van der Waals surface area (Å²) in [7, 11) is 0. The van der Waals surface area contributed by atoms with Crippen molar-refractivity contribution in [3.63, 3.8) is 0 Å². The molecule has 0 aromatic heterocycles. The minimum atomic E-state index is -1.46. The third-order valence-corrected chi connectivity index (χ3v) is 6.00. The van der Waals surface area contributed by atoms with Crippen molar-refractivity contribution >= 4 is 23.6 Å². The standard InChI is InChI=1S/C23H34ClFN2O4/c1-13-9-16(24)10-17(25)18(13)23(30)14(2)11-27(12-15(23)3)19(28)22(7,8)26-20(29)31-21(4,5)6/h9-10,14-15,30H,11-12H2,1-8H3,(H,26,29)/t14-,15+,23?. The van der Waals surface area contributed by atoms with Gasteiger partial charge in [-0.15, -0.1) is 0 Å². The number of carbonyl (C=O) groups is 2. The Morgan fingerprint density at radius 3 is 2.16 bits per heavy atom. The fourth-order valence-corrected chi connectivity index (χ4v) is 4.63. The van der Waals surface area contributed by atoms with Crippen molar-refractivity contribution in [3.05, 3.63) is 34.1 Å². The molecule has 31 heavy (non-hydrogen) atoms. The lowest BCUT2D eigenvalue weighted by molar-refractivity contribution is -0.154. The lowest BCUT2D eigenvalue weighted by Gasteiger charge is -2.49. The molecule has 1 aliphatic heterocycles. The Morgan fingerprint density at radius 2 is 1.71 bits per heavy atom. The zero-order valence-electron chi connectivity index (χ0n) is 19.6. The molecule has 174 valence electrons. The van der Waals surface area contributed by atoms with Gasteiger partial charge >= 0.3 is 6.09 Å². The molecule has 0 spiro atoms. The fourth-order valence-electron chi connectivity index (χ4n) is 4.38. The molecule has 1 fully saturated rings. The first-order chi connectivity index (χ1) is 14.0. The monoisotopic (exact) mass is 456 g/mol. The van der Waals surface area contributed by atoms with Crippen LogP contribution in [0.15, 0.2) is 12.1 Å². The molecule has 1 aromatic carbocycles. The van der Waals surface area contributed by atoms with Gasteiger partial charge in [-0.3, -0.25) is 4.79 Å². The van der Waals surface area contributed by atoms with Crippen molar-refractivity contribution in [2.24, 2.45) is 11.8 Å². The number of aryl methyl sites for hydroxylation is 1. The molecule has 2 N–H and O–H groups in total. The molecule has 1 aliphatic rings. The van der Waals surface area contributed by atoms with Gasteiger partial charge in [0.15, 0.2) is 0 Å². The van der Waals surface area contributed by atoms with E-state index in [4.69, 9.17) is 16.3 Å². The van der Waals surface area contributed by atoms with E-state index in [2.05, 4.69) is 5.32 Å². The molecule has 0 saturated carbocycles. The number of piperidine rings is 1. The molecule has 0 radical (unpaired) electrons. The molecular formula is C23H34ClFN2O4. The lowest BCUT2D eigenvalue weighted by Crippen LogP contribution is -2.62. The van der Waals surface area contributed by atoms with Crippen LogP contribution in [0.5, 0.6) is 0 Å². The van der Waals surface area contributed by atoms with Crippen molar-refractivity contribution in [1.82, 2.24) is 10.2 Å². The van der Waals surface area contributed by atoms with E-state index in [0.717, 1.165) is 0 Å². The number of nitrogens with zero attached hydrogens (tertiary/aromatic N) is 1. The van der Waals surface area contributed by atoms with Crippen LogP contribution in [-0.4, -0.2) is 46.2 Å². The molecule has 1 saturated heterocycles. The molecule has 2 amide bonds. The van der Waals surface area contributed by atoms with Gasteiger partial charge < -0.3 is 20.1 Å². The molecule has 8 heteroatoms.